The van der Waals surface area contributed by atoms with Crippen molar-refractivity contribution >= 4 is 5.91 Å². The Morgan fingerprint density at radius 3 is 2.77 bits per heavy atom. The first-order chi connectivity index (χ1) is 6.27. The minimum absolute atomic E-state index is 0.238. The van der Waals surface area contributed by atoms with E-state index < -0.39 is 5.91 Å². The van der Waals surface area contributed by atoms with E-state index in [0.29, 0.717) is 5.92 Å². The van der Waals surface area contributed by atoms with Crippen molar-refractivity contribution in [3.63, 3.8) is 0 Å². The second kappa shape index (κ2) is 3.20. The van der Waals surface area contributed by atoms with Crippen LogP contribution in [0.15, 0.2) is 10.6 Å². The predicted molar refractivity (Wildman–Crippen MR) is 46.2 cm³/mol. The van der Waals surface area contributed by atoms with Crippen molar-refractivity contribution in [1.82, 2.24) is 5.16 Å². The zero-order chi connectivity index (χ0) is 9.26. The summed E-state index contributed by atoms with van der Waals surface area (Å²) in [6.07, 6.45) is 4.73. The van der Waals surface area contributed by atoms with E-state index in [1.54, 1.807) is 6.07 Å². The first-order valence-corrected chi connectivity index (χ1v) is 4.54. The van der Waals surface area contributed by atoms with E-state index in [2.05, 4.69) is 5.16 Å². The SMILES string of the molecule is NC(=O)c1cc(C2CCCC2)on1. The molecule has 0 radical (unpaired) electrons. The second-order valence-electron chi connectivity index (χ2n) is 3.46. The highest BCUT2D eigenvalue weighted by Gasteiger charge is 2.22. The molecule has 1 aromatic rings. The Labute approximate surface area is 76.1 Å². The van der Waals surface area contributed by atoms with Gasteiger partial charge in [0.15, 0.2) is 5.69 Å². The lowest BCUT2D eigenvalue weighted by Crippen LogP contribution is -2.10. The van der Waals surface area contributed by atoms with Gasteiger partial charge in [-0.05, 0) is 12.8 Å². The number of primary amides is 1. The smallest absolute Gasteiger partial charge is 0.270 e. The number of carbonyl (C=O) groups is 1. The molecule has 0 atom stereocenters. The standard InChI is InChI=1S/C9H12N2O2/c10-9(12)7-5-8(13-11-7)6-3-1-2-4-6/h5-6H,1-4H2,(H2,10,12). The van der Waals surface area contributed by atoms with Crippen molar-refractivity contribution in [3.8, 4) is 0 Å². The van der Waals surface area contributed by atoms with Crippen LogP contribution in [0.25, 0.3) is 0 Å². The van der Waals surface area contributed by atoms with Crippen LogP contribution in [0.1, 0.15) is 47.8 Å². The summed E-state index contributed by atoms with van der Waals surface area (Å²) in [4.78, 5) is 10.7. The summed E-state index contributed by atoms with van der Waals surface area (Å²) >= 11 is 0. The average molecular weight is 180 g/mol. The van der Waals surface area contributed by atoms with Gasteiger partial charge >= 0.3 is 0 Å². The molecule has 0 bridgehead atoms. The Balaban J connectivity index is 2.16. The van der Waals surface area contributed by atoms with Gasteiger partial charge in [0.05, 0.1) is 0 Å². The summed E-state index contributed by atoms with van der Waals surface area (Å²) in [5, 5.41) is 3.61. The Bertz CT molecular complexity index is 313. The van der Waals surface area contributed by atoms with Gasteiger partial charge in [0.2, 0.25) is 0 Å². The quantitative estimate of drug-likeness (QED) is 0.748. The molecule has 0 unspecified atom stereocenters. The van der Waals surface area contributed by atoms with E-state index in [4.69, 9.17) is 10.3 Å². The minimum atomic E-state index is -0.520. The van der Waals surface area contributed by atoms with Gasteiger partial charge in [0.25, 0.3) is 5.91 Å². The maximum atomic E-state index is 10.7. The van der Waals surface area contributed by atoms with E-state index in [1.807, 2.05) is 0 Å². The van der Waals surface area contributed by atoms with Crippen molar-refractivity contribution < 1.29 is 9.32 Å². The van der Waals surface area contributed by atoms with Gasteiger partial charge in [0, 0.05) is 12.0 Å². The van der Waals surface area contributed by atoms with Crippen molar-refractivity contribution in [2.24, 2.45) is 5.73 Å². The van der Waals surface area contributed by atoms with E-state index in [1.165, 1.54) is 12.8 Å². The van der Waals surface area contributed by atoms with Crippen LogP contribution in [-0.4, -0.2) is 11.1 Å². The van der Waals surface area contributed by atoms with Crippen LogP contribution in [-0.2, 0) is 0 Å². The summed E-state index contributed by atoms with van der Waals surface area (Å²) in [6, 6.07) is 1.66. The van der Waals surface area contributed by atoms with Crippen molar-refractivity contribution in [3.05, 3.63) is 17.5 Å². The summed E-state index contributed by atoms with van der Waals surface area (Å²) in [6.45, 7) is 0. The largest absolute Gasteiger partial charge is 0.364 e. The topological polar surface area (TPSA) is 69.1 Å². The molecule has 1 fully saturated rings. The summed E-state index contributed by atoms with van der Waals surface area (Å²) < 4.78 is 5.06. The Hall–Kier alpha value is -1.32. The normalized spacial score (nSPS) is 17.8. The number of nitrogens with zero attached hydrogens (tertiary/aromatic N) is 1. The molecule has 70 valence electrons. The van der Waals surface area contributed by atoms with E-state index >= 15 is 0 Å². The first kappa shape index (κ1) is 8.29. The third kappa shape index (κ3) is 1.56. The molecule has 1 amide bonds. The zero-order valence-electron chi connectivity index (χ0n) is 7.32. The van der Waals surface area contributed by atoms with Gasteiger partial charge in [-0.2, -0.15) is 0 Å². The highest BCUT2D eigenvalue weighted by atomic mass is 16.5. The monoisotopic (exact) mass is 180 g/mol. The molecule has 1 aliphatic rings. The summed E-state index contributed by atoms with van der Waals surface area (Å²) in [5.41, 5.74) is 5.30. The lowest BCUT2D eigenvalue weighted by molar-refractivity contribution is 0.0991. The van der Waals surface area contributed by atoms with Crippen LogP contribution in [0.5, 0.6) is 0 Å². The third-order valence-corrected chi connectivity index (χ3v) is 2.54. The number of aromatic nitrogens is 1. The van der Waals surface area contributed by atoms with Gasteiger partial charge in [-0.25, -0.2) is 0 Å². The van der Waals surface area contributed by atoms with Crippen molar-refractivity contribution in [2.75, 3.05) is 0 Å². The van der Waals surface area contributed by atoms with Crippen LogP contribution < -0.4 is 5.73 Å². The number of nitrogens with two attached hydrogens (primary N) is 1. The van der Waals surface area contributed by atoms with Crippen molar-refractivity contribution in [1.29, 1.82) is 0 Å². The number of rotatable bonds is 2. The molecule has 2 N–H and O–H groups in total. The summed E-state index contributed by atoms with van der Waals surface area (Å²) in [7, 11) is 0. The van der Waals surface area contributed by atoms with Gasteiger partial charge < -0.3 is 10.3 Å². The molecular formula is C9H12N2O2. The number of hydrogen-bond donors (Lipinski definition) is 1. The molecule has 1 saturated carbocycles. The average Bonchev–Trinajstić information content (AvgIpc) is 2.75. The van der Waals surface area contributed by atoms with Crippen LogP contribution in [0.3, 0.4) is 0 Å². The summed E-state index contributed by atoms with van der Waals surface area (Å²) in [5.74, 6) is 0.736. The molecular weight excluding hydrogens is 168 g/mol. The molecule has 0 saturated heterocycles. The molecule has 2 rings (SSSR count). The Kier molecular flexibility index (Phi) is 2.04. The zero-order valence-corrected chi connectivity index (χ0v) is 7.32. The van der Waals surface area contributed by atoms with E-state index in [9.17, 15) is 4.79 Å². The lowest BCUT2D eigenvalue weighted by atomic mass is 10.1. The van der Waals surface area contributed by atoms with Crippen LogP contribution >= 0.6 is 0 Å². The molecule has 0 aromatic carbocycles. The van der Waals surface area contributed by atoms with Crippen LogP contribution in [0, 0.1) is 0 Å². The highest BCUT2D eigenvalue weighted by molar-refractivity contribution is 5.90. The van der Waals surface area contributed by atoms with Crippen LogP contribution in [0.2, 0.25) is 0 Å². The van der Waals surface area contributed by atoms with Gasteiger partial charge in [-0.1, -0.05) is 18.0 Å². The minimum Gasteiger partial charge on any atom is -0.364 e. The van der Waals surface area contributed by atoms with Crippen molar-refractivity contribution in [2.45, 2.75) is 31.6 Å². The molecule has 4 heteroatoms. The fourth-order valence-corrected chi connectivity index (χ4v) is 1.81. The predicted octanol–water partition coefficient (Wildman–Crippen LogP) is 1.43. The number of hydrogen-bond acceptors (Lipinski definition) is 3. The van der Waals surface area contributed by atoms with Gasteiger partial charge in [0.1, 0.15) is 5.76 Å². The lowest BCUT2D eigenvalue weighted by Gasteiger charge is -2.00. The third-order valence-electron chi connectivity index (χ3n) is 2.54. The molecule has 4 nitrogen and oxygen atoms in total. The highest BCUT2D eigenvalue weighted by Crippen LogP contribution is 2.34. The van der Waals surface area contributed by atoms with Crippen LogP contribution in [0.4, 0.5) is 0 Å². The Morgan fingerprint density at radius 1 is 1.54 bits per heavy atom. The molecule has 0 aliphatic heterocycles. The maximum absolute atomic E-state index is 10.7. The van der Waals surface area contributed by atoms with Gasteiger partial charge in [-0.3, -0.25) is 4.79 Å². The fraction of sp³-hybridized carbons (Fsp3) is 0.556. The second-order valence-corrected chi connectivity index (χ2v) is 3.46. The fourth-order valence-electron chi connectivity index (χ4n) is 1.81. The first-order valence-electron chi connectivity index (χ1n) is 4.54. The molecule has 13 heavy (non-hydrogen) atoms. The maximum Gasteiger partial charge on any atom is 0.270 e. The van der Waals surface area contributed by atoms with E-state index in [-0.39, 0.29) is 5.69 Å². The Morgan fingerprint density at radius 2 is 2.23 bits per heavy atom. The molecule has 1 heterocycles. The molecule has 0 spiro atoms. The molecule has 1 aliphatic carbocycles. The van der Waals surface area contributed by atoms with E-state index in [0.717, 1.165) is 18.6 Å². The van der Waals surface area contributed by atoms with Gasteiger partial charge in [-0.15, -0.1) is 0 Å². The number of amides is 1. The molecule has 1 aromatic heterocycles. The number of carbonyl (C=O) groups excluding carboxylic acids is 1.